The maximum Gasteiger partial charge on any atom is 0.152 e. The molecule has 0 aliphatic carbocycles. The number of nitrogens with one attached hydrogen (secondary N) is 1. The van der Waals surface area contributed by atoms with Gasteiger partial charge >= 0.3 is 0 Å². The maximum absolute atomic E-state index is 13.6. The van der Waals surface area contributed by atoms with Crippen LogP contribution in [0.25, 0.3) is 10.9 Å². The Bertz CT molecular complexity index is 775. The van der Waals surface area contributed by atoms with E-state index in [-0.39, 0.29) is 10.9 Å². The highest BCUT2D eigenvalue weighted by Gasteiger charge is 2.10. The van der Waals surface area contributed by atoms with E-state index in [4.69, 9.17) is 11.6 Å². The lowest BCUT2D eigenvalue weighted by atomic mass is 10.2. The van der Waals surface area contributed by atoms with E-state index in [1.54, 1.807) is 24.3 Å². The minimum atomic E-state index is -0.721. The van der Waals surface area contributed by atoms with Crippen molar-refractivity contribution in [1.82, 2.24) is 9.97 Å². The summed E-state index contributed by atoms with van der Waals surface area (Å²) in [5.41, 5.74) is 0.775. The fourth-order valence-electron chi connectivity index (χ4n) is 1.86. The van der Waals surface area contributed by atoms with Crippen molar-refractivity contribution in [2.24, 2.45) is 0 Å². The molecule has 0 aliphatic heterocycles. The van der Waals surface area contributed by atoms with Crippen molar-refractivity contribution < 1.29 is 8.78 Å². The summed E-state index contributed by atoms with van der Waals surface area (Å²) in [6, 6.07) is 8.87. The normalized spacial score (nSPS) is 10.8. The molecule has 1 N–H and O–H groups in total. The second kappa shape index (κ2) is 5.02. The summed E-state index contributed by atoms with van der Waals surface area (Å²) in [5.74, 6) is -1.07. The number of aromatic nitrogens is 2. The van der Waals surface area contributed by atoms with Gasteiger partial charge in [0.15, 0.2) is 5.82 Å². The molecule has 20 heavy (non-hydrogen) atoms. The van der Waals surface area contributed by atoms with Crippen LogP contribution in [0.2, 0.25) is 5.02 Å². The lowest BCUT2D eigenvalue weighted by Gasteiger charge is -2.08. The van der Waals surface area contributed by atoms with E-state index in [0.29, 0.717) is 16.5 Å². The molecule has 0 saturated heterocycles. The zero-order valence-electron chi connectivity index (χ0n) is 10.1. The largest absolute Gasteiger partial charge is 0.340 e. The first-order chi connectivity index (χ1) is 9.63. The van der Waals surface area contributed by atoms with Crippen LogP contribution in [-0.4, -0.2) is 9.97 Å². The van der Waals surface area contributed by atoms with E-state index in [9.17, 15) is 8.78 Å². The Kier molecular flexibility index (Phi) is 3.20. The molecule has 2 aromatic carbocycles. The minimum Gasteiger partial charge on any atom is -0.340 e. The molecule has 0 fully saturated rings. The Morgan fingerprint density at radius 3 is 2.50 bits per heavy atom. The second-order valence-corrected chi connectivity index (χ2v) is 4.57. The van der Waals surface area contributed by atoms with Crippen molar-refractivity contribution in [3.05, 3.63) is 59.4 Å². The highest BCUT2D eigenvalue weighted by atomic mass is 35.5. The van der Waals surface area contributed by atoms with Gasteiger partial charge in [-0.25, -0.2) is 18.7 Å². The van der Waals surface area contributed by atoms with Crippen LogP contribution in [-0.2, 0) is 0 Å². The zero-order chi connectivity index (χ0) is 14.1. The van der Waals surface area contributed by atoms with Gasteiger partial charge in [-0.3, -0.25) is 0 Å². The molecule has 6 heteroatoms. The fraction of sp³-hybridized carbons (Fsp3) is 0. The number of nitrogens with zero attached hydrogens (tertiary/aromatic N) is 2. The molecule has 0 atom stereocenters. The van der Waals surface area contributed by atoms with Gasteiger partial charge in [0.05, 0.1) is 0 Å². The molecule has 0 amide bonds. The first-order valence-corrected chi connectivity index (χ1v) is 6.13. The molecule has 100 valence electrons. The second-order valence-electron chi connectivity index (χ2n) is 4.14. The van der Waals surface area contributed by atoms with Crippen LogP contribution in [0.15, 0.2) is 42.7 Å². The smallest absolute Gasteiger partial charge is 0.152 e. The standard InChI is InChI=1S/C14H8ClF2N3/c15-8-1-3-10(4-2-8)20-14-11-5-9(16)6-12(17)13(11)18-7-19-14/h1-7H,(H,18,19,20). The summed E-state index contributed by atoms with van der Waals surface area (Å²) >= 11 is 5.80. The van der Waals surface area contributed by atoms with E-state index >= 15 is 0 Å². The third kappa shape index (κ3) is 2.40. The molecule has 3 rings (SSSR count). The van der Waals surface area contributed by atoms with Crippen molar-refractivity contribution in [3.63, 3.8) is 0 Å². The molecule has 0 radical (unpaired) electrons. The molecule has 1 heterocycles. The lowest BCUT2D eigenvalue weighted by molar-refractivity contribution is 0.590. The van der Waals surface area contributed by atoms with Crippen LogP contribution in [0.3, 0.4) is 0 Å². The Morgan fingerprint density at radius 2 is 1.75 bits per heavy atom. The van der Waals surface area contributed by atoms with Gasteiger partial charge in [0.2, 0.25) is 0 Å². The van der Waals surface area contributed by atoms with Gasteiger partial charge in [-0.15, -0.1) is 0 Å². The topological polar surface area (TPSA) is 37.8 Å². The molecule has 0 unspecified atom stereocenters. The summed E-state index contributed by atoms with van der Waals surface area (Å²) in [5, 5.41) is 3.86. The molecule has 3 nitrogen and oxygen atoms in total. The maximum atomic E-state index is 13.6. The molecule has 1 aromatic heterocycles. The van der Waals surface area contributed by atoms with Gasteiger partial charge in [-0.1, -0.05) is 11.6 Å². The highest BCUT2D eigenvalue weighted by Crippen LogP contribution is 2.26. The molecule has 0 saturated carbocycles. The van der Waals surface area contributed by atoms with Crippen LogP contribution in [0.5, 0.6) is 0 Å². The average molecular weight is 292 g/mol. The van der Waals surface area contributed by atoms with E-state index in [2.05, 4.69) is 15.3 Å². The molecule has 0 aliphatic rings. The summed E-state index contributed by atoms with van der Waals surface area (Å²) in [6.07, 6.45) is 1.22. The van der Waals surface area contributed by atoms with Crippen molar-refractivity contribution in [1.29, 1.82) is 0 Å². The van der Waals surface area contributed by atoms with Crippen LogP contribution in [0, 0.1) is 11.6 Å². The molecule has 3 aromatic rings. The number of hydrogen-bond acceptors (Lipinski definition) is 3. The highest BCUT2D eigenvalue weighted by molar-refractivity contribution is 6.30. The van der Waals surface area contributed by atoms with Crippen LogP contribution in [0.1, 0.15) is 0 Å². The average Bonchev–Trinajstić information content (AvgIpc) is 2.42. The lowest BCUT2D eigenvalue weighted by Crippen LogP contribution is -1.97. The van der Waals surface area contributed by atoms with Gasteiger partial charge < -0.3 is 5.32 Å². The van der Waals surface area contributed by atoms with E-state index in [1.165, 1.54) is 12.4 Å². The van der Waals surface area contributed by atoms with Crippen molar-refractivity contribution in [2.45, 2.75) is 0 Å². The van der Waals surface area contributed by atoms with Gasteiger partial charge in [0, 0.05) is 22.2 Å². The Balaban J connectivity index is 2.09. The predicted molar refractivity (Wildman–Crippen MR) is 74.2 cm³/mol. The number of anilines is 2. The Hall–Kier alpha value is -2.27. The molecular formula is C14H8ClF2N3. The number of rotatable bonds is 2. The molecule has 0 spiro atoms. The van der Waals surface area contributed by atoms with Crippen molar-refractivity contribution >= 4 is 34.0 Å². The van der Waals surface area contributed by atoms with Gasteiger partial charge in [-0.2, -0.15) is 0 Å². The summed E-state index contributed by atoms with van der Waals surface area (Å²) in [4.78, 5) is 7.84. The van der Waals surface area contributed by atoms with Crippen LogP contribution >= 0.6 is 11.6 Å². The summed E-state index contributed by atoms with van der Waals surface area (Å²) in [7, 11) is 0. The zero-order valence-corrected chi connectivity index (χ0v) is 10.8. The molecule has 0 bridgehead atoms. The predicted octanol–water partition coefficient (Wildman–Crippen LogP) is 4.31. The number of fused-ring (bicyclic) bond motifs is 1. The SMILES string of the molecule is Fc1cc(F)c2ncnc(Nc3ccc(Cl)cc3)c2c1. The first kappa shape index (κ1) is 12.7. The van der Waals surface area contributed by atoms with Gasteiger partial charge in [0.1, 0.15) is 23.5 Å². The summed E-state index contributed by atoms with van der Waals surface area (Å²) in [6.45, 7) is 0. The first-order valence-electron chi connectivity index (χ1n) is 5.76. The molecular weight excluding hydrogens is 284 g/mol. The fourth-order valence-corrected chi connectivity index (χ4v) is 1.99. The summed E-state index contributed by atoms with van der Waals surface area (Å²) < 4.78 is 27.0. The Labute approximate surface area is 118 Å². The third-order valence-electron chi connectivity index (χ3n) is 2.76. The number of halogens is 3. The van der Waals surface area contributed by atoms with Crippen molar-refractivity contribution in [3.8, 4) is 0 Å². The van der Waals surface area contributed by atoms with Crippen LogP contribution < -0.4 is 5.32 Å². The monoisotopic (exact) mass is 291 g/mol. The van der Waals surface area contributed by atoms with Crippen molar-refractivity contribution in [2.75, 3.05) is 5.32 Å². The van der Waals surface area contributed by atoms with E-state index < -0.39 is 11.6 Å². The number of benzene rings is 2. The number of hydrogen-bond donors (Lipinski definition) is 1. The quantitative estimate of drug-likeness (QED) is 0.765. The third-order valence-corrected chi connectivity index (χ3v) is 3.02. The van der Waals surface area contributed by atoms with Gasteiger partial charge in [0.25, 0.3) is 0 Å². The van der Waals surface area contributed by atoms with E-state index in [0.717, 1.165) is 6.07 Å². The minimum absolute atomic E-state index is 0.0675. The van der Waals surface area contributed by atoms with Gasteiger partial charge in [-0.05, 0) is 30.3 Å². The van der Waals surface area contributed by atoms with Crippen LogP contribution in [0.4, 0.5) is 20.3 Å². The Morgan fingerprint density at radius 1 is 1.00 bits per heavy atom. The van der Waals surface area contributed by atoms with E-state index in [1.807, 2.05) is 0 Å².